The van der Waals surface area contributed by atoms with E-state index < -0.39 is 6.85 Å². The monoisotopic (exact) mass is 688 g/mol. The van der Waals surface area contributed by atoms with Gasteiger partial charge in [-0.25, -0.2) is 9.97 Å². The molecule has 0 spiro atoms. The third kappa shape index (κ3) is 4.82. The maximum absolute atomic E-state index is 8.66. The van der Waals surface area contributed by atoms with Gasteiger partial charge in [-0.3, -0.25) is 4.57 Å². The predicted octanol–water partition coefficient (Wildman–Crippen LogP) is 13.7. The molecule has 10 aromatic rings. The van der Waals surface area contributed by atoms with E-state index in [1.807, 2.05) is 30.3 Å². The Morgan fingerprint density at radius 3 is 2.00 bits per heavy atom. The Morgan fingerprint density at radius 2 is 1.26 bits per heavy atom. The van der Waals surface area contributed by atoms with Crippen molar-refractivity contribution in [3.05, 3.63) is 150 Å². The first-order valence-electron chi connectivity index (χ1n) is 19.9. The van der Waals surface area contributed by atoms with E-state index in [1.54, 1.807) is 6.07 Å². The van der Waals surface area contributed by atoms with E-state index in [-0.39, 0.29) is 17.4 Å². The molecule has 3 aromatic heterocycles. The molecular weight excluding hydrogens is 647 g/mol. The van der Waals surface area contributed by atoms with E-state index in [4.69, 9.17) is 18.5 Å². The summed E-state index contributed by atoms with van der Waals surface area (Å²) < 4.78 is 35.1. The van der Waals surface area contributed by atoms with Gasteiger partial charge in [0.15, 0.2) is 0 Å². The molecule has 10 rings (SSSR count). The number of benzene rings is 7. The number of furan rings is 1. The number of aromatic nitrogens is 3. The molecule has 0 radical (unpaired) electrons. The van der Waals surface area contributed by atoms with Crippen LogP contribution < -0.4 is 0 Å². The first-order valence-corrected chi connectivity index (χ1v) is 18.4. The molecule has 0 aliphatic carbocycles. The van der Waals surface area contributed by atoms with Gasteiger partial charge >= 0.3 is 0 Å². The average Bonchev–Trinajstić information content (AvgIpc) is 3.78. The van der Waals surface area contributed by atoms with Crippen LogP contribution in [0, 0.1) is 6.85 Å². The second-order valence-electron chi connectivity index (χ2n) is 14.8. The van der Waals surface area contributed by atoms with Crippen LogP contribution in [0.4, 0.5) is 0 Å². The molecule has 3 heterocycles. The highest BCUT2D eigenvalue weighted by atomic mass is 16.3. The van der Waals surface area contributed by atoms with E-state index in [2.05, 4.69) is 129 Å². The number of rotatable bonds is 5. The fourth-order valence-corrected chi connectivity index (χ4v) is 8.23. The Bertz CT molecular complexity index is 3160. The summed E-state index contributed by atoms with van der Waals surface area (Å²) in [5, 5.41) is 6.41. The number of hydrogen-bond acceptors (Lipinski definition) is 3. The predicted molar refractivity (Wildman–Crippen MR) is 222 cm³/mol. The maximum atomic E-state index is 8.66. The quantitative estimate of drug-likeness (QED) is 0.169. The zero-order valence-corrected chi connectivity index (χ0v) is 30.1. The molecule has 4 nitrogen and oxygen atoms in total. The van der Waals surface area contributed by atoms with Crippen molar-refractivity contribution in [2.24, 2.45) is 0 Å². The number of nitrogens with zero attached hydrogens (tertiary/aromatic N) is 3. The molecule has 0 aliphatic rings. The molecule has 0 amide bonds. The van der Waals surface area contributed by atoms with Crippen molar-refractivity contribution >= 4 is 65.6 Å². The lowest BCUT2D eigenvalue weighted by molar-refractivity contribution is 0.656. The summed E-state index contributed by atoms with van der Waals surface area (Å²) in [4.78, 5) is 10.5. The van der Waals surface area contributed by atoms with Crippen molar-refractivity contribution < 1.29 is 8.53 Å². The summed E-state index contributed by atoms with van der Waals surface area (Å²) in [5.74, 6) is 1.02. The molecule has 0 fully saturated rings. The van der Waals surface area contributed by atoms with Crippen molar-refractivity contribution in [1.82, 2.24) is 14.5 Å². The lowest BCUT2D eigenvalue weighted by atomic mass is 9.88. The average molecular weight is 689 g/mol. The second-order valence-corrected chi connectivity index (χ2v) is 14.8. The van der Waals surface area contributed by atoms with Crippen LogP contribution in [-0.2, 0) is 0 Å². The van der Waals surface area contributed by atoms with E-state index in [0.717, 1.165) is 49.2 Å². The van der Waals surface area contributed by atoms with Gasteiger partial charge in [-0.15, -0.1) is 0 Å². The minimum absolute atomic E-state index is 0.169. The van der Waals surface area contributed by atoms with Crippen LogP contribution in [0.1, 0.15) is 60.3 Å². The highest BCUT2D eigenvalue weighted by molar-refractivity contribution is 6.16. The van der Waals surface area contributed by atoms with Crippen LogP contribution in [-0.4, -0.2) is 14.5 Å². The van der Waals surface area contributed by atoms with Gasteiger partial charge in [0.2, 0.25) is 5.71 Å². The van der Waals surface area contributed by atoms with Crippen molar-refractivity contribution in [1.29, 1.82) is 0 Å². The van der Waals surface area contributed by atoms with Gasteiger partial charge in [0.05, 0.1) is 27.8 Å². The molecule has 0 N–H and O–H groups in total. The molecule has 0 saturated carbocycles. The fraction of sp³-hybridized carbons (Fsp3) is 0.143. The normalized spacial score (nSPS) is 13.3. The largest absolute Gasteiger partial charge is 0.437 e. The van der Waals surface area contributed by atoms with Gasteiger partial charge in [-0.05, 0) is 87.6 Å². The van der Waals surface area contributed by atoms with Crippen LogP contribution in [0.3, 0.4) is 0 Å². The summed E-state index contributed by atoms with van der Waals surface area (Å²) in [6.07, 6.45) is 0. The third-order valence-electron chi connectivity index (χ3n) is 10.8. The molecule has 0 unspecified atom stereocenters. The molecule has 0 aliphatic heterocycles. The second kappa shape index (κ2) is 11.9. The van der Waals surface area contributed by atoms with Crippen molar-refractivity contribution in [2.45, 2.75) is 46.4 Å². The van der Waals surface area contributed by atoms with E-state index in [0.29, 0.717) is 33.5 Å². The Hall–Kier alpha value is -6.26. The molecular formula is C49H39N3O. The fourth-order valence-electron chi connectivity index (χ4n) is 8.23. The van der Waals surface area contributed by atoms with Crippen molar-refractivity contribution in [3.8, 4) is 28.2 Å². The molecule has 0 saturated heterocycles. The summed E-state index contributed by atoms with van der Waals surface area (Å²) >= 11 is 0. The lowest BCUT2D eigenvalue weighted by Gasteiger charge is -2.24. The van der Waals surface area contributed by atoms with Gasteiger partial charge in [-0.1, -0.05) is 131 Å². The van der Waals surface area contributed by atoms with Gasteiger partial charge in [0, 0.05) is 31.0 Å². The van der Waals surface area contributed by atoms with E-state index >= 15 is 0 Å². The topological polar surface area (TPSA) is 43.9 Å². The molecule has 7 aromatic carbocycles. The van der Waals surface area contributed by atoms with Crippen LogP contribution in [0.15, 0.2) is 138 Å². The molecule has 0 bridgehead atoms. The summed E-state index contributed by atoms with van der Waals surface area (Å²) in [7, 11) is 0. The van der Waals surface area contributed by atoms with Gasteiger partial charge in [-0.2, -0.15) is 0 Å². The SMILES string of the molecule is [2H]C([2H])([2H])c1ccc(-c2nc3ccc4ccccc4c3n2-c2c(C(C)C)cc(-c3ccccc3)cc2C(C)C)c2oc3nc4c(ccc5ccccc54)cc3c12. The van der Waals surface area contributed by atoms with E-state index in [1.165, 1.54) is 22.3 Å². The number of aryl methyl sites for hydroxylation is 1. The van der Waals surface area contributed by atoms with Crippen LogP contribution in [0.2, 0.25) is 0 Å². The lowest BCUT2D eigenvalue weighted by Crippen LogP contribution is -2.09. The smallest absolute Gasteiger partial charge is 0.227 e. The summed E-state index contributed by atoms with van der Waals surface area (Å²) in [6, 6.07) is 45.8. The van der Waals surface area contributed by atoms with Crippen LogP contribution >= 0.6 is 0 Å². The number of pyridine rings is 1. The van der Waals surface area contributed by atoms with Crippen molar-refractivity contribution in [2.75, 3.05) is 0 Å². The van der Waals surface area contributed by atoms with Gasteiger partial charge in [0.1, 0.15) is 11.4 Å². The minimum Gasteiger partial charge on any atom is -0.437 e. The van der Waals surface area contributed by atoms with Gasteiger partial charge in [0.25, 0.3) is 0 Å². The van der Waals surface area contributed by atoms with E-state index in [9.17, 15) is 0 Å². The Morgan fingerprint density at radius 1 is 0.604 bits per heavy atom. The molecule has 0 atom stereocenters. The number of fused-ring (bicyclic) bond motifs is 9. The first kappa shape index (κ1) is 28.3. The first-order chi connectivity index (χ1) is 27.1. The van der Waals surface area contributed by atoms with Gasteiger partial charge < -0.3 is 4.42 Å². The highest BCUT2D eigenvalue weighted by Gasteiger charge is 2.27. The summed E-state index contributed by atoms with van der Waals surface area (Å²) in [5.41, 5.74) is 10.3. The van der Waals surface area contributed by atoms with Crippen molar-refractivity contribution in [3.63, 3.8) is 0 Å². The molecule has 53 heavy (non-hydrogen) atoms. The Balaban J connectivity index is 1.36. The number of hydrogen-bond donors (Lipinski definition) is 0. The minimum atomic E-state index is -2.40. The Labute approximate surface area is 312 Å². The number of imidazole rings is 1. The zero-order valence-electron chi connectivity index (χ0n) is 33.1. The summed E-state index contributed by atoms with van der Waals surface area (Å²) in [6.45, 7) is 6.59. The molecule has 4 heteroatoms. The third-order valence-corrected chi connectivity index (χ3v) is 10.8. The molecule has 256 valence electrons. The highest BCUT2D eigenvalue weighted by Crippen LogP contribution is 2.45. The maximum Gasteiger partial charge on any atom is 0.227 e. The Kier molecular flexibility index (Phi) is 6.36. The zero-order chi connectivity index (χ0) is 38.5. The standard InChI is InChI=1S/C49H39N3O/c1-28(2)39-26-35(31-13-7-6-8-14-31)27-40(29(3)4)45(39)52-46-37-18-12-10-16-33(37)22-24-42(46)50-48(52)38-23-19-30(5)43-41-25-34-21-20-32-15-9-11-17-36(32)44(34)51-49(41)53-47(38)43/h6-29H,1-5H3/i5D3. The van der Waals surface area contributed by atoms with Crippen LogP contribution in [0.5, 0.6) is 0 Å². The van der Waals surface area contributed by atoms with Crippen LogP contribution in [0.25, 0.3) is 93.8 Å².